The molecule has 0 bridgehead atoms. The first-order chi connectivity index (χ1) is 9.85. The molecular weight excluding hydrogens is 272 g/mol. The SMILES string of the molecule is CCCCC(NC(C)=O)[C@@H]1CC(C(=O)O)C[C@@H]1N=C(N)N. The van der Waals surface area contributed by atoms with Crippen molar-refractivity contribution in [3.63, 3.8) is 0 Å². The van der Waals surface area contributed by atoms with Gasteiger partial charge in [-0.3, -0.25) is 9.59 Å². The number of carboxylic acid groups (broad SMARTS) is 1. The van der Waals surface area contributed by atoms with Crippen molar-refractivity contribution in [3.05, 3.63) is 0 Å². The fourth-order valence-corrected chi connectivity index (χ4v) is 3.10. The molecule has 0 saturated heterocycles. The molecule has 0 aromatic rings. The molecule has 2 unspecified atom stereocenters. The number of carboxylic acids is 1. The van der Waals surface area contributed by atoms with E-state index in [1.54, 1.807) is 0 Å². The van der Waals surface area contributed by atoms with Crippen LogP contribution in [0.1, 0.15) is 46.0 Å². The van der Waals surface area contributed by atoms with E-state index in [4.69, 9.17) is 11.5 Å². The number of rotatable bonds is 7. The quantitative estimate of drug-likeness (QED) is 0.400. The van der Waals surface area contributed by atoms with Crippen molar-refractivity contribution in [1.29, 1.82) is 0 Å². The first-order valence-corrected chi connectivity index (χ1v) is 7.43. The van der Waals surface area contributed by atoms with Crippen molar-refractivity contribution in [3.8, 4) is 0 Å². The van der Waals surface area contributed by atoms with Gasteiger partial charge in [-0.25, -0.2) is 4.99 Å². The van der Waals surface area contributed by atoms with Gasteiger partial charge in [0.2, 0.25) is 5.91 Å². The topological polar surface area (TPSA) is 131 Å². The zero-order valence-corrected chi connectivity index (χ0v) is 12.7. The highest BCUT2D eigenvalue weighted by molar-refractivity contribution is 5.76. The van der Waals surface area contributed by atoms with Gasteiger partial charge in [-0.2, -0.15) is 0 Å². The monoisotopic (exact) mass is 298 g/mol. The largest absolute Gasteiger partial charge is 0.481 e. The van der Waals surface area contributed by atoms with Gasteiger partial charge >= 0.3 is 5.97 Å². The van der Waals surface area contributed by atoms with E-state index >= 15 is 0 Å². The highest BCUT2D eigenvalue weighted by atomic mass is 16.4. The van der Waals surface area contributed by atoms with Crippen molar-refractivity contribution in [2.75, 3.05) is 0 Å². The molecule has 7 heteroatoms. The Balaban J connectivity index is 2.91. The van der Waals surface area contributed by atoms with Crippen LogP contribution in [-0.4, -0.2) is 35.0 Å². The summed E-state index contributed by atoms with van der Waals surface area (Å²) in [5, 5.41) is 12.2. The van der Waals surface area contributed by atoms with E-state index in [0.29, 0.717) is 12.8 Å². The van der Waals surface area contributed by atoms with Crippen LogP contribution in [-0.2, 0) is 9.59 Å². The van der Waals surface area contributed by atoms with Gasteiger partial charge in [-0.05, 0) is 19.3 Å². The van der Waals surface area contributed by atoms with E-state index in [0.717, 1.165) is 19.3 Å². The molecule has 0 aliphatic heterocycles. The van der Waals surface area contributed by atoms with Gasteiger partial charge in [0.05, 0.1) is 12.0 Å². The minimum atomic E-state index is -0.828. The maximum Gasteiger partial charge on any atom is 0.306 e. The van der Waals surface area contributed by atoms with Crippen LogP contribution in [0.3, 0.4) is 0 Å². The number of nitrogens with zero attached hydrogens (tertiary/aromatic N) is 1. The van der Waals surface area contributed by atoms with E-state index in [1.165, 1.54) is 6.92 Å². The minimum absolute atomic E-state index is 0.0342. The highest BCUT2D eigenvalue weighted by Gasteiger charge is 2.42. The number of nitrogens with two attached hydrogens (primary N) is 2. The molecule has 0 spiro atoms. The zero-order chi connectivity index (χ0) is 16.0. The summed E-state index contributed by atoms with van der Waals surface area (Å²) < 4.78 is 0. The van der Waals surface area contributed by atoms with Crippen LogP contribution in [0.25, 0.3) is 0 Å². The van der Waals surface area contributed by atoms with Gasteiger partial charge in [-0.1, -0.05) is 19.8 Å². The third kappa shape index (κ3) is 5.24. The Labute approximate surface area is 125 Å². The lowest BCUT2D eigenvalue weighted by molar-refractivity contribution is -0.141. The molecular formula is C14H26N4O3. The number of aliphatic imine (C=N–C) groups is 1. The second-order valence-electron chi connectivity index (χ2n) is 5.74. The third-order valence-corrected chi connectivity index (χ3v) is 4.02. The third-order valence-electron chi connectivity index (χ3n) is 4.02. The summed E-state index contributed by atoms with van der Waals surface area (Å²) in [4.78, 5) is 26.8. The van der Waals surface area contributed by atoms with Gasteiger partial charge in [0.25, 0.3) is 0 Å². The normalized spacial score (nSPS) is 26.1. The molecule has 0 aromatic heterocycles. The Bertz CT molecular complexity index is 407. The molecule has 0 aromatic carbocycles. The van der Waals surface area contributed by atoms with E-state index in [2.05, 4.69) is 17.2 Å². The zero-order valence-electron chi connectivity index (χ0n) is 12.7. The number of carbonyl (C=O) groups is 2. The van der Waals surface area contributed by atoms with Crippen LogP contribution in [0.15, 0.2) is 4.99 Å². The number of unbranched alkanes of at least 4 members (excludes halogenated alkanes) is 1. The van der Waals surface area contributed by atoms with Crippen molar-refractivity contribution in [2.24, 2.45) is 28.3 Å². The lowest BCUT2D eigenvalue weighted by Gasteiger charge is -2.27. The molecule has 120 valence electrons. The van der Waals surface area contributed by atoms with Crippen LogP contribution in [0.2, 0.25) is 0 Å². The minimum Gasteiger partial charge on any atom is -0.481 e. The molecule has 1 aliphatic carbocycles. The summed E-state index contributed by atoms with van der Waals surface area (Å²) in [5.74, 6) is -1.47. The standard InChI is InChI=1S/C14H26N4O3/c1-3-4-5-11(17-8(2)19)10-6-9(13(20)21)7-12(10)18-14(15)16/h9-12H,3-7H2,1-2H3,(H,17,19)(H,20,21)(H4,15,16,18)/t9?,10-,11?,12-/m0/s1. The molecule has 4 atom stereocenters. The Hall–Kier alpha value is -1.79. The lowest BCUT2D eigenvalue weighted by atomic mass is 9.90. The molecule has 1 aliphatic rings. The van der Waals surface area contributed by atoms with Crippen LogP contribution in [0, 0.1) is 11.8 Å². The van der Waals surface area contributed by atoms with Gasteiger partial charge in [0.1, 0.15) is 0 Å². The molecule has 6 N–H and O–H groups in total. The average Bonchev–Trinajstić information content (AvgIpc) is 2.77. The van der Waals surface area contributed by atoms with Gasteiger partial charge in [0.15, 0.2) is 5.96 Å². The van der Waals surface area contributed by atoms with E-state index in [-0.39, 0.29) is 29.9 Å². The molecule has 0 heterocycles. The van der Waals surface area contributed by atoms with Gasteiger partial charge in [-0.15, -0.1) is 0 Å². The van der Waals surface area contributed by atoms with Crippen molar-refractivity contribution in [2.45, 2.75) is 58.0 Å². The summed E-state index contributed by atoms with van der Waals surface area (Å²) in [6.45, 7) is 3.55. The first-order valence-electron chi connectivity index (χ1n) is 7.43. The smallest absolute Gasteiger partial charge is 0.306 e. The predicted molar refractivity (Wildman–Crippen MR) is 80.6 cm³/mol. The average molecular weight is 298 g/mol. The number of hydrogen-bond acceptors (Lipinski definition) is 3. The summed E-state index contributed by atoms with van der Waals surface area (Å²) in [6, 6.07) is -0.329. The Morgan fingerprint density at radius 2 is 2.05 bits per heavy atom. The molecule has 7 nitrogen and oxygen atoms in total. The number of hydrogen-bond donors (Lipinski definition) is 4. The molecule has 1 amide bonds. The maximum absolute atomic E-state index is 11.4. The second kappa shape index (κ2) is 7.85. The summed E-state index contributed by atoms with van der Waals surface area (Å²) >= 11 is 0. The number of nitrogens with one attached hydrogen (secondary N) is 1. The second-order valence-corrected chi connectivity index (χ2v) is 5.74. The fraction of sp³-hybridized carbons (Fsp3) is 0.786. The van der Waals surface area contributed by atoms with Crippen molar-refractivity contribution < 1.29 is 14.7 Å². The van der Waals surface area contributed by atoms with Gasteiger partial charge < -0.3 is 21.9 Å². The molecule has 21 heavy (non-hydrogen) atoms. The molecule has 0 radical (unpaired) electrons. The Morgan fingerprint density at radius 3 is 2.52 bits per heavy atom. The first kappa shape index (κ1) is 17.3. The summed E-state index contributed by atoms with van der Waals surface area (Å²) in [6.07, 6.45) is 3.70. The maximum atomic E-state index is 11.4. The van der Waals surface area contributed by atoms with Crippen LogP contribution in [0.5, 0.6) is 0 Å². The van der Waals surface area contributed by atoms with Gasteiger partial charge in [0, 0.05) is 18.9 Å². The number of carbonyl (C=O) groups excluding carboxylic acids is 1. The molecule has 1 rings (SSSR count). The van der Waals surface area contributed by atoms with Crippen LogP contribution < -0.4 is 16.8 Å². The van der Waals surface area contributed by atoms with E-state index in [1.807, 2.05) is 0 Å². The number of guanidine groups is 1. The lowest BCUT2D eigenvalue weighted by Crippen LogP contribution is -2.42. The summed E-state index contributed by atoms with van der Waals surface area (Å²) in [7, 11) is 0. The van der Waals surface area contributed by atoms with E-state index in [9.17, 15) is 14.7 Å². The highest BCUT2D eigenvalue weighted by Crippen LogP contribution is 2.37. The summed E-state index contributed by atoms with van der Waals surface area (Å²) in [5.41, 5.74) is 10.9. The van der Waals surface area contributed by atoms with Crippen LogP contribution in [0.4, 0.5) is 0 Å². The van der Waals surface area contributed by atoms with Crippen molar-refractivity contribution in [1.82, 2.24) is 5.32 Å². The number of aliphatic carboxylic acids is 1. The Morgan fingerprint density at radius 1 is 1.38 bits per heavy atom. The molecule has 1 fully saturated rings. The van der Waals surface area contributed by atoms with Crippen LogP contribution >= 0.6 is 0 Å². The molecule has 1 saturated carbocycles. The van der Waals surface area contributed by atoms with E-state index < -0.39 is 11.9 Å². The number of amides is 1. The van der Waals surface area contributed by atoms with Crippen molar-refractivity contribution >= 4 is 17.8 Å². The Kier molecular flexibility index (Phi) is 6.45. The predicted octanol–water partition coefficient (Wildman–Crippen LogP) is 0.434. The fourth-order valence-electron chi connectivity index (χ4n) is 3.10.